The number of ether oxygens (including phenoxy) is 2. The summed E-state index contributed by atoms with van der Waals surface area (Å²) >= 11 is 0. The van der Waals surface area contributed by atoms with Gasteiger partial charge in [-0.05, 0) is 42.7 Å². The first-order valence-electron chi connectivity index (χ1n) is 12.0. The van der Waals surface area contributed by atoms with Crippen molar-refractivity contribution in [2.45, 2.75) is 56.8 Å². The van der Waals surface area contributed by atoms with Gasteiger partial charge in [-0.3, -0.25) is 19.8 Å². The third kappa shape index (κ3) is 5.64. The Morgan fingerprint density at radius 3 is 2.31 bits per heavy atom. The number of non-ortho nitro benzene ring substituents is 1. The highest BCUT2D eigenvalue weighted by atomic mass is 16.6. The molecule has 0 aromatic heterocycles. The number of nitro benzene ring substituents is 1. The van der Waals surface area contributed by atoms with Crippen LogP contribution < -0.4 is 5.32 Å². The van der Waals surface area contributed by atoms with Gasteiger partial charge in [0, 0.05) is 24.6 Å². The third-order valence-corrected chi connectivity index (χ3v) is 6.95. The minimum Gasteiger partial charge on any atom is -0.467 e. The van der Waals surface area contributed by atoms with Crippen LogP contribution in [0.25, 0.3) is 0 Å². The highest BCUT2D eigenvalue weighted by Gasteiger charge is 2.48. The Morgan fingerprint density at radius 2 is 1.69 bits per heavy atom. The number of esters is 1. The van der Waals surface area contributed by atoms with E-state index in [1.807, 2.05) is 30.3 Å². The molecule has 0 spiro atoms. The Kier molecular flexibility index (Phi) is 7.82. The maximum atomic E-state index is 13.5. The lowest BCUT2D eigenvalue weighted by molar-refractivity contribution is -0.384. The number of rotatable bonds is 8. The number of amides is 2. The summed E-state index contributed by atoms with van der Waals surface area (Å²) in [6.07, 6.45) is 2.79. The van der Waals surface area contributed by atoms with Crippen LogP contribution in [0.5, 0.6) is 0 Å². The molecule has 2 heterocycles. The SMILES string of the molecule is COC(=O)C(Cc1ccc([N+](=O)[O-])cc1)NC(=O)C1C2CCC(CC2)N1C(=O)OCc1ccccc1. The smallest absolute Gasteiger partial charge is 0.411 e. The van der Waals surface area contributed by atoms with Gasteiger partial charge in [-0.2, -0.15) is 0 Å². The number of nitro groups is 1. The quantitative estimate of drug-likeness (QED) is 0.338. The molecule has 2 amide bonds. The van der Waals surface area contributed by atoms with Crippen LogP contribution in [0.3, 0.4) is 0 Å². The van der Waals surface area contributed by atoms with Gasteiger partial charge in [0.05, 0.1) is 12.0 Å². The number of fused-ring (bicyclic) bond motifs is 3. The number of nitrogens with zero attached hydrogens (tertiary/aromatic N) is 2. The van der Waals surface area contributed by atoms with E-state index < -0.39 is 35.0 Å². The Bertz CT molecular complexity index is 1100. The minimum absolute atomic E-state index is 0.0306. The molecule has 10 nitrogen and oxygen atoms in total. The first kappa shape index (κ1) is 25.2. The van der Waals surface area contributed by atoms with Crippen LogP contribution in [0.4, 0.5) is 10.5 Å². The first-order chi connectivity index (χ1) is 17.4. The molecule has 1 saturated carbocycles. The lowest BCUT2D eigenvalue weighted by Crippen LogP contribution is -2.64. The molecule has 2 unspecified atom stereocenters. The van der Waals surface area contributed by atoms with Crippen molar-refractivity contribution in [2.24, 2.45) is 5.92 Å². The fourth-order valence-corrected chi connectivity index (χ4v) is 5.13. The van der Waals surface area contributed by atoms with Crippen molar-refractivity contribution in [3.05, 3.63) is 75.8 Å². The lowest BCUT2D eigenvalue weighted by Gasteiger charge is -2.49. The molecule has 36 heavy (non-hydrogen) atoms. The van der Waals surface area contributed by atoms with Crippen molar-refractivity contribution in [3.63, 3.8) is 0 Å². The maximum Gasteiger partial charge on any atom is 0.411 e. The summed E-state index contributed by atoms with van der Waals surface area (Å²) in [4.78, 5) is 51.0. The number of benzene rings is 2. The molecule has 2 aliphatic heterocycles. The van der Waals surface area contributed by atoms with Crippen molar-refractivity contribution < 1.29 is 28.8 Å². The summed E-state index contributed by atoms with van der Waals surface area (Å²) in [7, 11) is 1.23. The van der Waals surface area contributed by atoms with E-state index in [1.54, 1.807) is 0 Å². The van der Waals surface area contributed by atoms with E-state index in [4.69, 9.17) is 9.47 Å². The van der Waals surface area contributed by atoms with Crippen LogP contribution in [0.2, 0.25) is 0 Å². The predicted octanol–water partition coefficient (Wildman–Crippen LogP) is 3.37. The summed E-state index contributed by atoms with van der Waals surface area (Å²) in [6, 6.07) is 13.2. The standard InChI is InChI=1S/C26H29N3O7/c1-35-25(31)22(15-17-7-11-21(12-8-17)29(33)34)27-24(30)23-19-9-13-20(14-10-19)28(23)26(32)36-16-18-5-3-2-4-6-18/h2-8,11-12,19-20,22-23H,9-10,13-16H2,1H3,(H,27,30). The van der Waals surface area contributed by atoms with Crippen LogP contribution in [0.1, 0.15) is 36.8 Å². The molecule has 2 bridgehead atoms. The molecular weight excluding hydrogens is 466 g/mol. The highest BCUT2D eigenvalue weighted by molar-refractivity contribution is 5.90. The highest BCUT2D eigenvalue weighted by Crippen LogP contribution is 2.40. The number of carbonyl (C=O) groups excluding carboxylic acids is 3. The Labute approximate surface area is 208 Å². The summed E-state index contributed by atoms with van der Waals surface area (Å²) < 4.78 is 10.5. The zero-order valence-electron chi connectivity index (χ0n) is 20.0. The summed E-state index contributed by atoms with van der Waals surface area (Å²) in [5.74, 6) is -1.10. The minimum atomic E-state index is -1.01. The van der Waals surface area contributed by atoms with E-state index in [9.17, 15) is 24.5 Å². The second kappa shape index (κ2) is 11.2. The van der Waals surface area contributed by atoms with Gasteiger partial charge in [-0.1, -0.05) is 42.5 Å². The van der Waals surface area contributed by atoms with E-state index in [-0.39, 0.29) is 30.7 Å². The van der Waals surface area contributed by atoms with Gasteiger partial charge in [0.1, 0.15) is 18.7 Å². The number of hydrogen-bond donors (Lipinski definition) is 1. The van der Waals surface area contributed by atoms with Gasteiger partial charge in [0.25, 0.3) is 5.69 Å². The zero-order valence-corrected chi connectivity index (χ0v) is 20.0. The van der Waals surface area contributed by atoms with Crippen molar-refractivity contribution in [1.82, 2.24) is 10.2 Å². The normalized spacial score (nSPS) is 21.4. The molecule has 190 valence electrons. The molecule has 2 aromatic carbocycles. The van der Waals surface area contributed by atoms with Crippen molar-refractivity contribution >= 4 is 23.7 Å². The lowest BCUT2D eigenvalue weighted by atomic mass is 9.74. The second-order valence-electron chi connectivity index (χ2n) is 9.17. The van der Waals surface area contributed by atoms with Crippen LogP contribution in [0, 0.1) is 16.0 Å². The average Bonchev–Trinajstić information content (AvgIpc) is 2.91. The Hall–Kier alpha value is -3.95. The number of nitrogens with one attached hydrogen (secondary N) is 1. The molecule has 1 aliphatic carbocycles. The molecule has 10 heteroatoms. The third-order valence-electron chi connectivity index (χ3n) is 6.95. The number of methoxy groups -OCH3 is 1. The van der Waals surface area contributed by atoms with Crippen molar-refractivity contribution in [3.8, 4) is 0 Å². The molecule has 1 N–H and O–H groups in total. The number of hydrogen-bond acceptors (Lipinski definition) is 7. The molecular formula is C26H29N3O7. The average molecular weight is 496 g/mol. The van der Waals surface area contributed by atoms with Gasteiger partial charge >= 0.3 is 12.1 Å². The van der Waals surface area contributed by atoms with Gasteiger partial charge in [-0.25, -0.2) is 9.59 Å². The number of piperidine rings is 2. The van der Waals surface area contributed by atoms with E-state index in [0.29, 0.717) is 5.56 Å². The van der Waals surface area contributed by atoms with Crippen LogP contribution in [0.15, 0.2) is 54.6 Å². The number of carbonyl (C=O) groups is 3. The van der Waals surface area contributed by atoms with E-state index in [1.165, 1.54) is 36.3 Å². The van der Waals surface area contributed by atoms with Crippen LogP contribution in [-0.2, 0) is 32.1 Å². The fraction of sp³-hybridized carbons (Fsp3) is 0.423. The summed E-state index contributed by atoms with van der Waals surface area (Å²) in [6.45, 7) is 0.104. The van der Waals surface area contributed by atoms with Crippen molar-refractivity contribution in [2.75, 3.05) is 7.11 Å². The van der Waals surface area contributed by atoms with Crippen LogP contribution in [-0.4, -0.2) is 53.0 Å². The van der Waals surface area contributed by atoms with Gasteiger partial charge in [0.15, 0.2) is 0 Å². The van der Waals surface area contributed by atoms with E-state index in [2.05, 4.69) is 5.32 Å². The van der Waals surface area contributed by atoms with E-state index >= 15 is 0 Å². The molecule has 3 fully saturated rings. The van der Waals surface area contributed by atoms with Gasteiger partial charge in [0.2, 0.25) is 5.91 Å². The monoisotopic (exact) mass is 495 g/mol. The first-order valence-corrected chi connectivity index (χ1v) is 12.0. The van der Waals surface area contributed by atoms with E-state index in [0.717, 1.165) is 31.2 Å². The fourth-order valence-electron chi connectivity index (χ4n) is 5.13. The summed E-state index contributed by atoms with van der Waals surface area (Å²) in [5, 5.41) is 13.7. The largest absolute Gasteiger partial charge is 0.467 e. The Morgan fingerprint density at radius 1 is 1.03 bits per heavy atom. The second-order valence-corrected chi connectivity index (χ2v) is 9.17. The summed E-state index contributed by atoms with van der Waals surface area (Å²) in [5.41, 5.74) is 1.41. The van der Waals surface area contributed by atoms with Crippen LogP contribution >= 0.6 is 0 Å². The molecule has 2 aromatic rings. The van der Waals surface area contributed by atoms with Gasteiger partial charge in [-0.15, -0.1) is 0 Å². The molecule has 0 radical (unpaired) electrons. The molecule has 2 atom stereocenters. The molecule has 2 saturated heterocycles. The van der Waals surface area contributed by atoms with Crippen molar-refractivity contribution in [1.29, 1.82) is 0 Å². The maximum absolute atomic E-state index is 13.5. The molecule has 3 aliphatic rings. The van der Waals surface area contributed by atoms with Gasteiger partial charge < -0.3 is 14.8 Å². The molecule has 5 rings (SSSR count). The topological polar surface area (TPSA) is 128 Å². The predicted molar refractivity (Wildman–Crippen MR) is 129 cm³/mol. The Balaban J connectivity index is 1.48. The zero-order chi connectivity index (χ0) is 25.7.